The normalized spacial score (nSPS) is 13.9. The number of carbonyl (C=O) groups excluding carboxylic acids is 4. The molecule has 13 N–H and O–H groups in total. The smallest absolute Gasteiger partial charge is 0.326 e. The van der Waals surface area contributed by atoms with E-state index in [1.54, 1.807) is 0 Å². The maximum absolute atomic E-state index is 12.7. The van der Waals surface area contributed by atoms with Gasteiger partial charge in [-0.3, -0.25) is 29.0 Å². The molecule has 0 aliphatic rings. The van der Waals surface area contributed by atoms with Gasteiger partial charge in [-0.05, 0) is 19.3 Å². The van der Waals surface area contributed by atoms with Crippen LogP contribution in [0.15, 0.2) is 4.99 Å². The number of primary amides is 1. The fourth-order valence-electron chi connectivity index (χ4n) is 2.60. The van der Waals surface area contributed by atoms with Crippen LogP contribution in [0.1, 0.15) is 32.1 Å². The minimum atomic E-state index is -1.75. The third kappa shape index (κ3) is 13.6. The molecule has 4 unspecified atom stereocenters. The molecule has 0 aromatic rings. The first kappa shape index (κ1) is 31.4. The van der Waals surface area contributed by atoms with Crippen LogP contribution in [-0.2, 0) is 28.8 Å². The van der Waals surface area contributed by atoms with Crippen molar-refractivity contribution in [1.82, 2.24) is 16.0 Å². The first-order chi connectivity index (χ1) is 16.3. The van der Waals surface area contributed by atoms with Gasteiger partial charge in [-0.25, -0.2) is 4.79 Å². The number of carboxylic acids is 2. The molecule has 0 saturated heterocycles. The van der Waals surface area contributed by atoms with E-state index in [-0.39, 0.29) is 37.5 Å². The van der Waals surface area contributed by atoms with E-state index in [9.17, 15) is 28.8 Å². The summed E-state index contributed by atoms with van der Waals surface area (Å²) in [6.07, 6.45) is -0.851. The maximum atomic E-state index is 12.7. The van der Waals surface area contributed by atoms with Gasteiger partial charge in [0.2, 0.25) is 23.6 Å². The summed E-state index contributed by atoms with van der Waals surface area (Å²) in [6.45, 7) is 0.229. The van der Waals surface area contributed by atoms with E-state index in [4.69, 9.17) is 33.1 Å². The molecule has 0 aromatic heterocycles. The number of nitrogens with one attached hydrogen (secondary N) is 3. The molecular weight excluding hydrogens is 488 g/mol. The lowest BCUT2D eigenvalue weighted by atomic mass is 10.1. The van der Waals surface area contributed by atoms with Crippen molar-refractivity contribution in [1.29, 1.82) is 0 Å². The summed E-state index contributed by atoms with van der Waals surface area (Å²) in [7, 11) is 0. The van der Waals surface area contributed by atoms with Gasteiger partial charge >= 0.3 is 11.9 Å². The number of carbonyl (C=O) groups is 6. The van der Waals surface area contributed by atoms with E-state index in [0.29, 0.717) is 6.42 Å². The highest BCUT2D eigenvalue weighted by molar-refractivity contribution is 7.80. The molecular formula is C18H32N8O8S. The third-order valence-corrected chi connectivity index (χ3v) is 4.79. The highest BCUT2D eigenvalue weighted by Gasteiger charge is 2.30. The minimum Gasteiger partial charge on any atom is -0.481 e. The molecule has 0 radical (unpaired) electrons. The van der Waals surface area contributed by atoms with Gasteiger partial charge in [0.05, 0.1) is 12.5 Å². The SMILES string of the molecule is NC(=O)CCC(NC(=O)C(N)CCCN=C(N)N)C(=O)NC(CS)C(=O)NC(CC(=O)O)C(=O)O. The first-order valence-electron chi connectivity index (χ1n) is 10.3. The Morgan fingerprint density at radius 3 is 1.86 bits per heavy atom. The molecule has 4 atom stereocenters. The molecule has 35 heavy (non-hydrogen) atoms. The highest BCUT2D eigenvalue weighted by atomic mass is 32.1. The number of nitrogens with two attached hydrogens (primary N) is 4. The first-order valence-corrected chi connectivity index (χ1v) is 11.0. The molecule has 198 valence electrons. The minimum absolute atomic E-state index is 0.119. The molecule has 0 saturated carbocycles. The number of carboxylic acid groups (broad SMARTS) is 2. The molecule has 0 aromatic carbocycles. The number of amides is 4. The van der Waals surface area contributed by atoms with E-state index >= 15 is 0 Å². The van der Waals surface area contributed by atoms with Gasteiger partial charge in [-0.2, -0.15) is 12.6 Å². The fraction of sp³-hybridized carbons (Fsp3) is 0.611. The molecule has 16 nitrogen and oxygen atoms in total. The van der Waals surface area contributed by atoms with Crippen LogP contribution in [0.5, 0.6) is 0 Å². The van der Waals surface area contributed by atoms with Gasteiger partial charge in [0, 0.05) is 18.7 Å². The lowest BCUT2D eigenvalue weighted by molar-refractivity contribution is -0.147. The molecule has 4 amide bonds. The average Bonchev–Trinajstić information content (AvgIpc) is 2.75. The highest BCUT2D eigenvalue weighted by Crippen LogP contribution is 2.03. The van der Waals surface area contributed by atoms with Crippen molar-refractivity contribution in [3.05, 3.63) is 0 Å². The molecule has 0 aliphatic heterocycles. The van der Waals surface area contributed by atoms with Crippen LogP contribution in [0.3, 0.4) is 0 Å². The van der Waals surface area contributed by atoms with Crippen molar-refractivity contribution < 1.29 is 39.0 Å². The Kier molecular flexibility index (Phi) is 14.4. The number of thiol groups is 1. The summed E-state index contributed by atoms with van der Waals surface area (Å²) in [6, 6.07) is -5.49. The Bertz CT molecular complexity index is 820. The standard InChI is InChI=1S/C18H32N8O8S/c19-8(2-1-5-23-18(21)22)14(30)24-9(3-4-12(20)27)15(31)26-11(7-35)16(32)25-10(17(33)34)6-13(28)29/h8-11,35H,1-7,19H2,(H2,20,27)(H,24,30)(H,25,32)(H,26,31)(H,28,29)(H,33,34)(H4,21,22,23). The van der Waals surface area contributed by atoms with Crippen LogP contribution in [0.4, 0.5) is 0 Å². The number of rotatable bonds is 17. The third-order valence-electron chi connectivity index (χ3n) is 4.43. The van der Waals surface area contributed by atoms with Crippen molar-refractivity contribution in [2.45, 2.75) is 56.3 Å². The predicted molar refractivity (Wildman–Crippen MR) is 126 cm³/mol. The van der Waals surface area contributed by atoms with Gasteiger partial charge in [-0.1, -0.05) is 0 Å². The summed E-state index contributed by atoms with van der Waals surface area (Å²) in [5.41, 5.74) is 21.3. The molecule has 0 heterocycles. The summed E-state index contributed by atoms with van der Waals surface area (Å²) < 4.78 is 0. The average molecular weight is 521 g/mol. The maximum Gasteiger partial charge on any atom is 0.326 e. The van der Waals surface area contributed by atoms with Crippen LogP contribution >= 0.6 is 12.6 Å². The van der Waals surface area contributed by atoms with Crippen molar-refractivity contribution in [3.8, 4) is 0 Å². The van der Waals surface area contributed by atoms with Crippen LogP contribution in [0.25, 0.3) is 0 Å². The number of hydrogen-bond donors (Lipinski definition) is 10. The number of hydrogen-bond acceptors (Lipinski definition) is 9. The molecule has 0 aliphatic carbocycles. The zero-order valence-corrected chi connectivity index (χ0v) is 19.7. The second kappa shape index (κ2) is 16.1. The van der Waals surface area contributed by atoms with Gasteiger partial charge in [0.1, 0.15) is 18.1 Å². The zero-order chi connectivity index (χ0) is 27.1. The van der Waals surface area contributed by atoms with Crippen molar-refractivity contribution in [3.63, 3.8) is 0 Å². The van der Waals surface area contributed by atoms with E-state index < -0.39 is 66.2 Å². The molecule has 0 spiro atoms. The molecule has 17 heteroatoms. The topological polar surface area (TPSA) is 295 Å². The van der Waals surface area contributed by atoms with E-state index in [1.165, 1.54) is 0 Å². The number of aliphatic carboxylic acids is 2. The Labute approximate surface area is 206 Å². The largest absolute Gasteiger partial charge is 0.481 e. The summed E-state index contributed by atoms with van der Waals surface area (Å²) >= 11 is 3.94. The Hall–Kier alpha value is -3.60. The lowest BCUT2D eigenvalue weighted by Gasteiger charge is -2.24. The number of aliphatic imine (C=N–C) groups is 1. The number of nitrogens with zero attached hydrogens (tertiary/aromatic N) is 1. The van der Waals surface area contributed by atoms with Gasteiger partial charge in [-0.15, -0.1) is 0 Å². The van der Waals surface area contributed by atoms with Crippen molar-refractivity contribution in [2.75, 3.05) is 12.3 Å². The number of guanidine groups is 1. The Balaban J connectivity index is 5.25. The second-order valence-electron chi connectivity index (χ2n) is 7.36. The molecule has 0 rings (SSSR count). The Morgan fingerprint density at radius 2 is 1.37 bits per heavy atom. The van der Waals surface area contributed by atoms with Crippen molar-refractivity contribution in [2.24, 2.45) is 27.9 Å². The Morgan fingerprint density at radius 1 is 0.829 bits per heavy atom. The van der Waals surface area contributed by atoms with Crippen LogP contribution in [0.2, 0.25) is 0 Å². The molecule has 0 fully saturated rings. The van der Waals surface area contributed by atoms with Crippen molar-refractivity contribution >= 4 is 54.2 Å². The quantitative estimate of drug-likeness (QED) is 0.0377. The summed E-state index contributed by atoms with van der Waals surface area (Å²) in [5.74, 6) is -6.86. The summed E-state index contributed by atoms with van der Waals surface area (Å²) in [5, 5.41) is 24.5. The van der Waals surface area contributed by atoms with Crippen LogP contribution < -0.4 is 38.9 Å². The fourth-order valence-corrected chi connectivity index (χ4v) is 2.86. The van der Waals surface area contributed by atoms with Gasteiger partial charge in [0.25, 0.3) is 0 Å². The lowest BCUT2D eigenvalue weighted by Crippen LogP contribution is -2.57. The summed E-state index contributed by atoms with van der Waals surface area (Å²) in [4.78, 5) is 74.4. The molecule has 0 bridgehead atoms. The zero-order valence-electron chi connectivity index (χ0n) is 18.8. The monoisotopic (exact) mass is 520 g/mol. The van der Waals surface area contributed by atoms with E-state index in [1.807, 2.05) is 5.32 Å². The predicted octanol–water partition coefficient (Wildman–Crippen LogP) is -4.42. The van der Waals surface area contributed by atoms with E-state index in [2.05, 4.69) is 28.3 Å². The second-order valence-corrected chi connectivity index (χ2v) is 7.73. The van der Waals surface area contributed by atoms with E-state index in [0.717, 1.165) is 0 Å². The van der Waals surface area contributed by atoms with Crippen LogP contribution in [-0.4, -0.2) is 88.2 Å². The van der Waals surface area contributed by atoms with Crippen LogP contribution in [0, 0.1) is 0 Å². The van der Waals surface area contributed by atoms with Gasteiger partial charge < -0.3 is 49.1 Å². The van der Waals surface area contributed by atoms with Gasteiger partial charge in [0.15, 0.2) is 5.96 Å².